The van der Waals surface area contributed by atoms with Crippen LogP contribution in [0, 0.1) is 9.49 Å². The van der Waals surface area contributed by atoms with Crippen LogP contribution in [0.5, 0.6) is 0 Å². The lowest BCUT2D eigenvalue weighted by atomic mass is 10.1. The summed E-state index contributed by atoms with van der Waals surface area (Å²) < 4.78 is 1.15. The van der Waals surface area contributed by atoms with Gasteiger partial charge in [0.05, 0.1) is 0 Å². The number of hydrogen-bond acceptors (Lipinski definition) is 2. The third-order valence-corrected chi connectivity index (χ3v) is 3.83. The van der Waals surface area contributed by atoms with E-state index in [0.29, 0.717) is 0 Å². The molecule has 2 rings (SSSR count). The van der Waals surface area contributed by atoms with Crippen LogP contribution < -0.4 is 10.6 Å². The van der Waals surface area contributed by atoms with Gasteiger partial charge >= 0.3 is 0 Å². The number of rotatable bonds is 4. The molecule has 1 unspecified atom stereocenters. The average Bonchev–Trinajstić information content (AvgIpc) is 2.83. The Morgan fingerprint density at radius 1 is 1.41 bits per heavy atom. The topological polar surface area (TPSA) is 41.1 Å². The molecule has 3 nitrogen and oxygen atoms in total. The van der Waals surface area contributed by atoms with Crippen molar-refractivity contribution in [3.8, 4) is 0 Å². The molecule has 1 fully saturated rings. The molecule has 0 radical (unpaired) electrons. The molecule has 0 spiro atoms. The van der Waals surface area contributed by atoms with E-state index in [-0.39, 0.29) is 5.91 Å². The number of carbonyl (C=O) groups excluding carboxylic acids is 1. The number of carbonyl (C=O) groups is 1. The average molecular weight is 344 g/mol. The smallest absolute Gasteiger partial charge is 0.251 e. The first-order chi connectivity index (χ1) is 8.25. The summed E-state index contributed by atoms with van der Waals surface area (Å²) >= 11 is 2.24. The van der Waals surface area contributed by atoms with Crippen LogP contribution in [0.15, 0.2) is 24.3 Å². The highest BCUT2D eigenvalue weighted by Gasteiger charge is 2.14. The predicted octanol–water partition coefficient (Wildman–Crippen LogP) is 2.02. The van der Waals surface area contributed by atoms with Crippen molar-refractivity contribution in [3.05, 3.63) is 33.4 Å². The molecule has 0 saturated carbocycles. The van der Waals surface area contributed by atoms with E-state index < -0.39 is 0 Å². The van der Waals surface area contributed by atoms with E-state index in [2.05, 4.69) is 33.2 Å². The molecular weight excluding hydrogens is 327 g/mol. The summed E-state index contributed by atoms with van der Waals surface area (Å²) in [5.74, 6) is 0.763. The van der Waals surface area contributed by atoms with E-state index in [1.165, 1.54) is 6.42 Å². The van der Waals surface area contributed by atoms with E-state index in [0.717, 1.165) is 41.1 Å². The van der Waals surface area contributed by atoms with Gasteiger partial charge in [0.2, 0.25) is 0 Å². The molecule has 1 saturated heterocycles. The summed E-state index contributed by atoms with van der Waals surface area (Å²) in [7, 11) is 0. The Balaban J connectivity index is 1.75. The van der Waals surface area contributed by atoms with Crippen molar-refractivity contribution in [2.75, 3.05) is 19.6 Å². The first-order valence-electron chi connectivity index (χ1n) is 6.00. The number of hydrogen-bond donors (Lipinski definition) is 2. The Labute approximate surface area is 116 Å². The molecule has 1 aliphatic heterocycles. The third-order valence-electron chi connectivity index (χ3n) is 3.11. The standard InChI is InChI=1S/C13H17IN2O/c14-12-3-1-11(2-4-12)13(17)16-8-6-10-5-7-15-9-10/h1-4,10,15H,5-9H2,(H,16,17). The van der Waals surface area contributed by atoms with Crippen LogP contribution in [-0.2, 0) is 0 Å². The van der Waals surface area contributed by atoms with Gasteiger partial charge in [-0.05, 0) is 78.7 Å². The fraction of sp³-hybridized carbons (Fsp3) is 0.462. The molecule has 17 heavy (non-hydrogen) atoms. The van der Waals surface area contributed by atoms with Crippen molar-refractivity contribution in [3.63, 3.8) is 0 Å². The van der Waals surface area contributed by atoms with E-state index in [1.807, 2.05) is 24.3 Å². The second-order valence-electron chi connectivity index (χ2n) is 4.41. The molecule has 0 bridgehead atoms. The monoisotopic (exact) mass is 344 g/mol. The fourth-order valence-electron chi connectivity index (χ4n) is 2.05. The second kappa shape index (κ2) is 6.35. The van der Waals surface area contributed by atoms with Crippen molar-refractivity contribution in [1.82, 2.24) is 10.6 Å². The van der Waals surface area contributed by atoms with Crippen LogP contribution in [0.25, 0.3) is 0 Å². The SMILES string of the molecule is O=C(NCCC1CCNC1)c1ccc(I)cc1. The maximum absolute atomic E-state index is 11.8. The number of benzene rings is 1. The Hall–Kier alpha value is -0.620. The number of nitrogens with one attached hydrogen (secondary N) is 2. The summed E-state index contributed by atoms with van der Waals surface area (Å²) in [6, 6.07) is 7.65. The van der Waals surface area contributed by atoms with Gasteiger partial charge < -0.3 is 10.6 Å². The molecule has 2 N–H and O–H groups in total. The normalized spacial score (nSPS) is 19.2. The van der Waals surface area contributed by atoms with Gasteiger partial charge in [-0.15, -0.1) is 0 Å². The zero-order valence-corrected chi connectivity index (χ0v) is 11.9. The van der Waals surface area contributed by atoms with Gasteiger partial charge in [0.1, 0.15) is 0 Å². The van der Waals surface area contributed by atoms with Crippen LogP contribution in [0.4, 0.5) is 0 Å². The van der Waals surface area contributed by atoms with Gasteiger partial charge in [0.25, 0.3) is 5.91 Å². The van der Waals surface area contributed by atoms with E-state index >= 15 is 0 Å². The van der Waals surface area contributed by atoms with Crippen molar-refractivity contribution in [2.24, 2.45) is 5.92 Å². The molecule has 1 atom stereocenters. The van der Waals surface area contributed by atoms with Gasteiger partial charge in [-0.3, -0.25) is 4.79 Å². The molecule has 92 valence electrons. The summed E-state index contributed by atoms with van der Waals surface area (Å²) in [5.41, 5.74) is 0.745. The lowest BCUT2D eigenvalue weighted by Gasteiger charge is -2.09. The minimum atomic E-state index is 0.0346. The molecule has 4 heteroatoms. The van der Waals surface area contributed by atoms with Gasteiger partial charge in [0.15, 0.2) is 0 Å². The number of amides is 1. The van der Waals surface area contributed by atoms with Crippen molar-refractivity contribution in [2.45, 2.75) is 12.8 Å². The largest absolute Gasteiger partial charge is 0.352 e. The van der Waals surface area contributed by atoms with Crippen LogP contribution in [-0.4, -0.2) is 25.5 Å². The minimum absolute atomic E-state index is 0.0346. The Bertz CT molecular complexity index is 372. The van der Waals surface area contributed by atoms with E-state index in [4.69, 9.17) is 0 Å². The summed E-state index contributed by atoms with van der Waals surface area (Å²) in [6.07, 6.45) is 2.31. The van der Waals surface area contributed by atoms with Crippen LogP contribution >= 0.6 is 22.6 Å². The van der Waals surface area contributed by atoms with E-state index in [9.17, 15) is 4.79 Å². The predicted molar refractivity (Wildman–Crippen MR) is 77.1 cm³/mol. The molecular formula is C13H17IN2O. The van der Waals surface area contributed by atoms with Gasteiger partial charge in [-0.2, -0.15) is 0 Å². The maximum atomic E-state index is 11.8. The van der Waals surface area contributed by atoms with Gasteiger partial charge in [-0.1, -0.05) is 0 Å². The lowest BCUT2D eigenvalue weighted by molar-refractivity contribution is 0.0951. The first-order valence-corrected chi connectivity index (χ1v) is 7.08. The van der Waals surface area contributed by atoms with Crippen LogP contribution in [0.1, 0.15) is 23.2 Å². The first kappa shape index (κ1) is 12.8. The third kappa shape index (κ3) is 3.96. The molecule has 0 aliphatic carbocycles. The number of halogens is 1. The highest BCUT2D eigenvalue weighted by Crippen LogP contribution is 2.11. The van der Waals surface area contributed by atoms with Crippen molar-refractivity contribution < 1.29 is 4.79 Å². The minimum Gasteiger partial charge on any atom is -0.352 e. The second-order valence-corrected chi connectivity index (χ2v) is 5.66. The quantitative estimate of drug-likeness (QED) is 0.821. The fourth-order valence-corrected chi connectivity index (χ4v) is 2.41. The molecule has 1 aromatic rings. The van der Waals surface area contributed by atoms with Gasteiger partial charge in [-0.25, -0.2) is 0 Å². The van der Waals surface area contributed by atoms with Crippen LogP contribution in [0.2, 0.25) is 0 Å². The Morgan fingerprint density at radius 3 is 2.82 bits per heavy atom. The Morgan fingerprint density at radius 2 is 2.18 bits per heavy atom. The Kier molecular flexibility index (Phi) is 4.79. The van der Waals surface area contributed by atoms with E-state index in [1.54, 1.807) is 0 Å². The molecule has 1 amide bonds. The molecule has 0 aromatic heterocycles. The van der Waals surface area contributed by atoms with Gasteiger partial charge in [0, 0.05) is 15.7 Å². The summed E-state index contributed by atoms with van der Waals surface area (Å²) in [6.45, 7) is 2.99. The summed E-state index contributed by atoms with van der Waals surface area (Å²) in [5, 5.41) is 6.31. The molecule has 1 heterocycles. The highest BCUT2D eigenvalue weighted by molar-refractivity contribution is 14.1. The zero-order chi connectivity index (χ0) is 12.1. The maximum Gasteiger partial charge on any atom is 0.251 e. The van der Waals surface area contributed by atoms with Crippen molar-refractivity contribution in [1.29, 1.82) is 0 Å². The zero-order valence-electron chi connectivity index (χ0n) is 9.71. The highest BCUT2D eigenvalue weighted by atomic mass is 127. The lowest BCUT2D eigenvalue weighted by Crippen LogP contribution is -2.26. The summed E-state index contributed by atoms with van der Waals surface area (Å²) in [4.78, 5) is 11.8. The molecule has 1 aromatic carbocycles. The van der Waals surface area contributed by atoms with Crippen molar-refractivity contribution >= 4 is 28.5 Å². The van der Waals surface area contributed by atoms with Crippen LogP contribution in [0.3, 0.4) is 0 Å². The molecule has 1 aliphatic rings.